The van der Waals surface area contributed by atoms with Crippen molar-refractivity contribution < 1.29 is 9.59 Å². The smallest absolute Gasteiger partial charge is 0.321 e. The molecule has 0 unspecified atom stereocenters. The highest BCUT2D eigenvalue weighted by Crippen LogP contribution is 2.27. The van der Waals surface area contributed by atoms with Gasteiger partial charge in [-0.25, -0.2) is 4.79 Å². The lowest BCUT2D eigenvalue weighted by atomic mass is 9.99. The lowest BCUT2D eigenvalue weighted by molar-refractivity contribution is -0.133. The quantitative estimate of drug-likeness (QED) is 0.845. The Balaban J connectivity index is 0.00000243. The molecule has 1 aromatic carbocycles. The number of nitrogens with two attached hydrogens (primary N) is 1. The standard InChI is InChI=1S/C19H28N4O2.ClH/c1-14-4-2-6-16(12-14)21-19(25)23-10-8-22(9-11-23)18(24)13-15-5-3-7-17(15)20;/h2,4,6,12,15,17H,3,5,7-11,13,20H2,1H3,(H,21,25);1H/t15-,17+;/m0./s1. The minimum atomic E-state index is -0.101. The number of hydrogen-bond donors (Lipinski definition) is 2. The molecule has 7 heteroatoms. The van der Waals surface area contributed by atoms with Crippen LogP contribution in [0.25, 0.3) is 0 Å². The van der Waals surface area contributed by atoms with Crippen LogP contribution in [0.1, 0.15) is 31.2 Å². The van der Waals surface area contributed by atoms with E-state index in [4.69, 9.17) is 5.73 Å². The number of urea groups is 1. The number of nitrogens with one attached hydrogen (secondary N) is 1. The van der Waals surface area contributed by atoms with Crippen molar-refractivity contribution in [2.75, 3.05) is 31.5 Å². The van der Waals surface area contributed by atoms with Gasteiger partial charge in [-0.1, -0.05) is 18.6 Å². The summed E-state index contributed by atoms with van der Waals surface area (Å²) in [6.45, 7) is 4.33. The molecule has 1 aliphatic heterocycles. The number of benzene rings is 1. The Morgan fingerprint density at radius 1 is 1.15 bits per heavy atom. The zero-order chi connectivity index (χ0) is 17.8. The van der Waals surface area contributed by atoms with Crippen LogP contribution < -0.4 is 11.1 Å². The Morgan fingerprint density at radius 2 is 1.85 bits per heavy atom. The maximum atomic E-state index is 12.5. The molecule has 0 spiro atoms. The lowest BCUT2D eigenvalue weighted by Gasteiger charge is -2.35. The third kappa shape index (κ3) is 5.11. The zero-order valence-electron chi connectivity index (χ0n) is 15.3. The first-order valence-electron chi connectivity index (χ1n) is 9.19. The fraction of sp³-hybridized carbons (Fsp3) is 0.579. The number of amides is 3. The summed E-state index contributed by atoms with van der Waals surface area (Å²) in [5.74, 6) is 0.510. The van der Waals surface area contributed by atoms with Gasteiger partial charge in [0.05, 0.1) is 0 Å². The predicted octanol–water partition coefficient (Wildman–Crippen LogP) is 2.61. The molecule has 1 saturated carbocycles. The van der Waals surface area contributed by atoms with Crippen molar-refractivity contribution in [3.63, 3.8) is 0 Å². The molecule has 1 aromatic rings. The Bertz CT molecular complexity index is 632. The molecule has 2 aliphatic rings. The molecule has 1 aliphatic carbocycles. The summed E-state index contributed by atoms with van der Waals surface area (Å²) in [6, 6.07) is 7.82. The number of carbonyl (C=O) groups is 2. The number of hydrogen-bond acceptors (Lipinski definition) is 3. The van der Waals surface area contributed by atoms with Crippen LogP contribution in [0.4, 0.5) is 10.5 Å². The summed E-state index contributed by atoms with van der Waals surface area (Å²) in [5, 5.41) is 2.93. The largest absolute Gasteiger partial charge is 0.339 e. The summed E-state index contributed by atoms with van der Waals surface area (Å²) < 4.78 is 0. The van der Waals surface area contributed by atoms with E-state index < -0.39 is 0 Å². The van der Waals surface area contributed by atoms with Crippen LogP contribution in [-0.2, 0) is 4.79 Å². The fourth-order valence-electron chi connectivity index (χ4n) is 3.76. The van der Waals surface area contributed by atoms with Crippen molar-refractivity contribution in [2.45, 2.75) is 38.6 Å². The first kappa shape index (κ1) is 20.5. The molecular weight excluding hydrogens is 352 g/mol. The van der Waals surface area contributed by atoms with E-state index in [9.17, 15) is 9.59 Å². The van der Waals surface area contributed by atoms with Gasteiger partial charge in [0.1, 0.15) is 0 Å². The third-order valence-corrected chi connectivity index (χ3v) is 5.34. The van der Waals surface area contributed by atoms with Crippen molar-refractivity contribution in [2.24, 2.45) is 11.7 Å². The molecule has 0 radical (unpaired) electrons. The molecule has 144 valence electrons. The van der Waals surface area contributed by atoms with E-state index in [0.29, 0.717) is 38.5 Å². The first-order chi connectivity index (χ1) is 12.0. The molecular formula is C19H29ClN4O2. The van der Waals surface area contributed by atoms with Gasteiger partial charge in [-0.3, -0.25) is 4.79 Å². The molecule has 3 rings (SSSR count). The second kappa shape index (κ2) is 9.24. The van der Waals surface area contributed by atoms with Gasteiger partial charge in [0, 0.05) is 44.3 Å². The molecule has 2 fully saturated rings. The maximum Gasteiger partial charge on any atom is 0.321 e. The molecule has 6 nitrogen and oxygen atoms in total. The van der Waals surface area contributed by atoms with E-state index in [1.807, 2.05) is 36.1 Å². The van der Waals surface area contributed by atoms with E-state index in [1.54, 1.807) is 4.90 Å². The Kier molecular flexibility index (Phi) is 7.29. The maximum absolute atomic E-state index is 12.5. The number of nitrogens with zero attached hydrogens (tertiary/aromatic N) is 2. The van der Waals surface area contributed by atoms with Crippen molar-refractivity contribution in [3.8, 4) is 0 Å². The average Bonchev–Trinajstić information content (AvgIpc) is 3.00. The molecule has 1 saturated heterocycles. The van der Waals surface area contributed by atoms with Crippen LogP contribution in [0.3, 0.4) is 0 Å². The molecule has 0 bridgehead atoms. The van der Waals surface area contributed by atoms with Crippen LogP contribution >= 0.6 is 12.4 Å². The highest BCUT2D eigenvalue weighted by Gasteiger charge is 2.30. The van der Waals surface area contributed by atoms with E-state index in [2.05, 4.69) is 5.32 Å². The number of anilines is 1. The third-order valence-electron chi connectivity index (χ3n) is 5.34. The Hall–Kier alpha value is -1.79. The van der Waals surface area contributed by atoms with E-state index in [-0.39, 0.29) is 30.4 Å². The van der Waals surface area contributed by atoms with Gasteiger partial charge in [-0.2, -0.15) is 0 Å². The van der Waals surface area contributed by atoms with Gasteiger partial charge in [-0.05, 0) is 43.4 Å². The molecule has 26 heavy (non-hydrogen) atoms. The topological polar surface area (TPSA) is 78.7 Å². The van der Waals surface area contributed by atoms with Crippen molar-refractivity contribution in [1.29, 1.82) is 0 Å². The number of rotatable bonds is 3. The fourth-order valence-corrected chi connectivity index (χ4v) is 3.76. The van der Waals surface area contributed by atoms with Crippen LogP contribution in [-0.4, -0.2) is 54.0 Å². The molecule has 3 amide bonds. The minimum Gasteiger partial charge on any atom is -0.339 e. The average molecular weight is 381 g/mol. The van der Waals surface area contributed by atoms with Crippen LogP contribution in [0.2, 0.25) is 0 Å². The molecule has 0 aromatic heterocycles. The van der Waals surface area contributed by atoms with E-state index in [0.717, 1.165) is 30.5 Å². The SMILES string of the molecule is Cc1cccc(NC(=O)N2CCN(C(=O)C[C@@H]3CCC[C@H]3N)CC2)c1.Cl. The van der Waals surface area contributed by atoms with Gasteiger partial charge < -0.3 is 20.9 Å². The highest BCUT2D eigenvalue weighted by atomic mass is 35.5. The number of halogens is 1. The summed E-state index contributed by atoms with van der Waals surface area (Å²) in [7, 11) is 0. The molecule has 2 atom stereocenters. The van der Waals surface area contributed by atoms with E-state index in [1.165, 1.54) is 0 Å². The summed E-state index contributed by atoms with van der Waals surface area (Å²) in [4.78, 5) is 28.5. The molecule has 3 N–H and O–H groups in total. The predicted molar refractivity (Wildman–Crippen MR) is 106 cm³/mol. The number of aryl methyl sites for hydroxylation is 1. The van der Waals surface area contributed by atoms with Gasteiger partial charge >= 0.3 is 6.03 Å². The van der Waals surface area contributed by atoms with Gasteiger partial charge in [-0.15, -0.1) is 12.4 Å². The zero-order valence-corrected chi connectivity index (χ0v) is 16.1. The number of piperazine rings is 1. The Labute approximate surface area is 161 Å². The highest BCUT2D eigenvalue weighted by molar-refractivity contribution is 5.89. The normalized spacial score (nSPS) is 22.7. The monoisotopic (exact) mass is 380 g/mol. The van der Waals surface area contributed by atoms with Crippen LogP contribution in [0.15, 0.2) is 24.3 Å². The van der Waals surface area contributed by atoms with Crippen LogP contribution in [0, 0.1) is 12.8 Å². The van der Waals surface area contributed by atoms with Crippen molar-refractivity contribution in [3.05, 3.63) is 29.8 Å². The molecule has 1 heterocycles. The summed E-state index contributed by atoms with van der Waals surface area (Å²) in [6.07, 6.45) is 3.78. The van der Waals surface area contributed by atoms with Gasteiger partial charge in [0.15, 0.2) is 0 Å². The van der Waals surface area contributed by atoms with Crippen molar-refractivity contribution in [1.82, 2.24) is 9.80 Å². The minimum absolute atomic E-state index is 0. The summed E-state index contributed by atoms with van der Waals surface area (Å²) in [5.41, 5.74) is 7.98. The Morgan fingerprint density at radius 3 is 2.46 bits per heavy atom. The number of carbonyl (C=O) groups excluding carboxylic acids is 2. The van der Waals surface area contributed by atoms with Crippen molar-refractivity contribution >= 4 is 30.0 Å². The second-order valence-corrected chi connectivity index (χ2v) is 7.23. The second-order valence-electron chi connectivity index (χ2n) is 7.23. The van der Waals surface area contributed by atoms with Gasteiger partial charge in [0.25, 0.3) is 0 Å². The first-order valence-corrected chi connectivity index (χ1v) is 9.19. The lowest BCUT2D eigenvalue weighted by Crippen LogP contribution is -2.52. The van der Waals surface area contributed by atoms with Crippen LogP contribution in [0.5, 0.6) is 0 Å². The van der Waals surface area contributed by atoms with Gasteiger partial charge in [0.2, 0.25) is 5.91 Å². The van der Waals surface area contributed by atoms with E-state index >= 15 is 0 Å². The summed E-state index contributed by atoms with van der Waals surface area (Å²) >= 11 is 0.